The first-order chi connectivity index (χ1) is 13.4. The maximum atomic E-state index is 4.58. The third-order valence-corrected chi connectivity index (χ3v) is 9.62. The van der Waals surface area contributed by atoms with Gasteiger partial charge in [0.05, 0.1) is 0 Å². The third kappa shape index (κ3) is 4.11. The fourth-order valence-corrected chi connectivity index (χ4v) is 8.52. The topological polar surface area (TPSA) is 0 Å². The van der Waals surface area contributed by atoms with Crippen LogP contribution in [0.1, 0.15) is 0 Å². The van der Waals surface area contributed by atoms with Gasteiger partial charge in [0.25, 0.3) is 0 Å². The first-order valence-electron chi connectivity index (χ1n) is 8.76. The molecule has 0 fully saturated rings. The summed E-state index contributed by atoms with van der Waals surface area (Å²) in [6.07, 6.45) is 0. The number of hydrogen-bond acceptors (Lipinski definition) is 0. The van der Waals surface area contributed by atoms with Gasteiger partial charge in [0, 0.05) is 0 Å². The average molecular weight is 573 g/mol. The van der Waals surface area contributed by atoms with E-state index in [9.17, 15) is 0 Å². The van der Waals surface area contributed by atoms with E-state index in [0.717, 1.165) is 0 Å². The fourth-order valence-electron chi connectivity index (χ4n) is 3.75. The molecule has 0 aliphatic rings. The molecule has 140 valence electrons. The zero-order valence-electron chi connectivity index (χ0n) is 14.7. The van der Waals surface area contributed by atoms with Crippen LogP contribution in [0.3, 0.4) is 0 Å². The van der Waals surface area contributed by atoms with Crippen LogP contribution in [-0.2, 0) is 20.0 Å². The van der Waals surface area contributed by atoms with Crippen LogP contribution < -0.4 is 21.2 Å². The van der Waals surface area contributed by atoms with E-state index in [0.29, 0.717) is 0 Å². The van der Waals surface area contributed by atoms with Gasteiger partial charge in [0.1, 0.15) is 0 Å². The van der Waals surface area contributed by atoms with E-state index in [4.69, 9.17) is 0 Å². The van der Waals surface area contributed by atoms with Gasteiger partial charge in [-0.1, -0.05) is 0 Å². The van der Waals surface area contributed by atoms with Gasteiger partial charge in [-0.15, -0.1) is 0 Å². The number of rotatable bonds is 4. The molecule has 0 N–H and O–H groups in total. The molecule has 0 aliphatic carbocycles. The Morgan fingerprint density at radius 3 is 0.741 bits per heavy atom. The zero-order chi connectivity index (χ0) is 19.0. The molecule has 4 aromatic rings. The molecule has 0 bridgehead atoms. The summed E-state index contributed by atoms with van der Waals surface area (Å²) in [5.41, 5.74) is 0. The van der Waals surface area contributed by atoms with Crippen molar-refractivity contribution in [3.05, 3.63) is 121 Å². The van der Waals surface area contributed by atoms with Crippen molar-refractivity contribution in [3.63, 3.8) is 0 Å². The number of benzene rings is 4. The molecule has 0 aromatic heterocycles. The maximum absolute atomic E-state index is 4.58. The van der Waals surface area contributed by atoms with E-state index in [1.165, 1.54) is 21.2 Å². The normalized spacial score (nSPS) is 11.2. The molecular formula is C24H21AuClP. The van der Waals surface area contributed by atoms with Crippen molar-refractivity contribution in [2.45, 2.75) is 0 Å². The Morgan fingerprint density at radius 1 is 0.370 bits per heavy atom. The summed E-state index contributed by atoms with van der Waals surface area (Å²) < 4.78 is 0. The molecule has 0 atom stereocenters. The van der Waals surface area contributed by atoms with Gasteiger partial charge >= 0.3 is 179 Å². The standard InChI is InChI=1S/C24H21P.Au.ClH/c1-5-13-21(14-6-1)25(22-15-7-2-8-16-22,23-17-9-3-10-18-23)24-19-11-4-12-20-24;;/h1-20,25H;;1H/q;+1;/p-1. The van der Waals surface area contributed by atoms with Crippen LogP contribution in [0, 0.1) is 0 Å². The summed E-state index contributed by atoms with van der Waals surface area (Å²) in [6.45, 7) is 0. The van der Waals surface area contributed by atoms with E-state index in [2.05, 4.69) is 131 Å². The molecule has 0 saturated carbocycles. The summed E-state index contributed by atoms with van der Waals surface area (Å²) in [6, 6.07) is 44.0. The molecule has 0 amide bonds. The van der Waals surface area contributed by atoms with Crippen LogP contribution in [0.4, 0.5) is 0 Å². The van der Waals surface area contributed by atoms with Gasteiger partial charge in [0.2, 0.25) is 0 Å². The van der Waals surface area contributed by atoms with Crippen LogP contribution >= 0.6 is 16.5 Å². The molecule has 27 heavy (non-hydrogen) atoms. The fraction of sp³-hybridized carbons (Fsp3) is 0. The molecular weight excluding hydrogens is 552 g/mol. The first-order valence-corrected chi connectivity index (χ1v) is 13.4. The summed E-state index contributed by atoms with van der Waals surface area (Å²) in [7, 11) is 2.28. The van der Waals surface area contributed by atoms with Crippen molar-refractivity contribution in [2.75, 3.05) is 0 Å². The van der Waals surface area contributed by atoms with Crippen molar-refractivity contribution in [3.8, 4) is 0 Å². The minimum absolute atomic E-state index is 1.42. The molecule has 3 heteroatoms. The van der Waals surface area contributed by atoms with E-state index in [-0.39, 0.29) is 0 Å². The molecule has 4 aromatic carbocycles. The van der Waals surface area contributed by atoms with Gasteiger partial charge in [0.15, 0.2) is 0 Å². The molecule has 0 unspecified atom stereocenters. The second kappa shape index (κ2) is 10.0. The first kappa shape index (κ1) is 20.1. The molecule has 0 heterocycles. The monoisotopic (exact) mass is 572 g/mol. The Hall–Kier alpha value is -1.66. The summed E-state index contributed by atoms with van der Waals surface area (Å²) >= 11 is 1.75. The van der Waals surface area contributed by atoms with Gasteiger partial charge in [-0.2, -0.15) is 0 Å². The Bertz CT molecular complexity index is 765. The predicted molar refractivity (Wildman–Crippen MR) is 118 cm³/mol. The predicted octanol–water partition coefficient (Wildman–Crippen LogP) is 4.73. The van der Waals surface area contributed by atoms with Crippen molar-refractivity contribution in [1.82, 2.24) is 0 Å². The van der Waals surface area contributed by atoms with Crippen LogP contribution in [0.15, 0.2) is 121 Å². The van der Waals surface area contributed by atoms with E-state index >= 15 is 0 Å². The quantitative estimate of drug-likeness (QED) is 0.245. The number of halogens is 1. The Morgan fingerprint density at radius 2 is 0.556 bits per heavy atom. The SMILES string of the molecule is [Cl][Au].c1ccc([PH](c2ccccc2)(c2ccccc2)c2ccccc2)cc1. The molecule has 0 spiro atoms. The Balaban J connectivity index is 0.00000102. The van der Waals surface area contributed by atoms with Gasteiger partial charge in [-0.3, -0.25) is 0 Å². The van der Waals surface area contributed by atoms with Crippen LogP contribution in [0.5, 0.6) is 0 Å². The Kier molecular flexibility index (Phi) is 7.47. The van der Waals surface area contributed by atoms with Crippen LogP contribution in [0.2, 0.25) is 0 Å². The van der Waals surface area contributed by atoms with Gasteiger partial charge in [-0.05, 0) is 0 Å². The van der Waals surface area contributed by atoms with Crippen molar-refractivity contribution in [2.24, 2.45) is 0 Å². The van der Waals surface area contributed by atoms with Crippen molar-refractivity contribution in [1.29, 1.82) is 0 Å². The molecule has 0 saturated heterocycles. The van der Waals surface area contributed by atoms with E-state index < -0.39 is 7.26 Å². The molecule has 0 aliphatic heterocycles. The van der Waals surface area contributed by atoms with Gasteiger partial charge in [-0.25, -0.2) is 0 Å². The minimum atomic E-state index is -2.30. The molecule has 4 rings (SSSR count). The van der Waals surface area contributed by atoms with Gasteiger partial charge < -0.3 is 0 Å². The van der Waals surface area contributed by atoms with E-state index in [1.54, 1.807) is 20.0 Å². The average Bonchev–Trinajstić information content (AvgIpc) is 2.79. The molecule has 0 nitrogen and oxygen atoms in total. The van der Waals surface area contributed by atoms with Crippen LogP contribution in [-0.4, -0.2) is 0 Å². The Labute approximate surface area is 178 Å². The van der Waals surface area contributed by atoms with Crippen molar-refractivity contribution >= 4 is 37.7 Å². The third-order valence-electron chi connectivity index (χ3n) is 4.83. The van der Waals surface area contributed by atoms with E-state index in [1.807, 2.05) is 0 Å². The second-order valence-corrected chi connectivity index (χ2v) is 10.0. The number of hydrogen-bond donors (Lipinski definition) is 0. The zero-order valence-corrected chi connectivity index (χ0v) is 18.6. The van der Waals surface area contributed by atoms with Crippen molar-refractivity contribution < 1.29 is 20.0 Å². The second-order valence-electron chi connectivity index (χ2n) is 6.21. The summed E-state index contributed by atoms with van der Waals surface area (Å²) in [4.78, 5) is 0. The van der Waals surface area contributed by atoms with Crippen LogP contribution in [0.25, 0.3) is 0 Å². The summed E-state index contributed by atoms with van der Waals surface area (Å²) in [5.74, 6) is 0. The molecule has 0 radical (unpaired) electrons. The summed E-state index contributed by atoms with van der Waals surface area (Å²) in [5, 5.41) is 5.66.